The second-order valence-electron chi connectivity index (χ2n) is 6.86. The highest BCUT2D eigenvalue weighted by molar-refractivity contribution is 7.92. The Morgan fingerprint density at radius 2 is 1.96 bits per heavy atom. The SMILES string of the molecule is CN(C)c1ccc(S(=O)(=O)Nc2ccc3c(c2)nc(C2CC2)n3C)cn1. The molecule has 4 rings (SSSR count). The lowest BCUT2D eigenvalue weighted by Gasteiger charge is -2.12. The molecule has 0 bridgehead atoms. The lowest BCUT2D eigenvalue weighted by atomic mass is 10.3. The molecule has 0 saturated heterocycles. The first-order chi connectivity index (χ1) is 12.3. The van der Waals surface area contributed by atoms with Crippen molar-refractivity contribution in [1.29, 1.82) is 0 Å². The van der Waals surface area contributed by atoms with Crippen molar-refractivity contribution in [1.82, 2.24) is 14.5 Å². The number of benzene rings is 1. The molecule has 1 aliphatic carbocycles. The van der Waals surface area contributed by atoms with E-state index in [-0.39, 0.29) is 4.90 Å². The van der Waals surface area contributed by atoms with Gasteiger partial charge in [-0.1, -0.05) is 0 Å². The van der Waals surface area contributed by atoms with Crippen LogP contribution in [0.25, 0.3) is 11.0 Å². The van der Waals surface area contributed by atoms with E-state index in [9.17, 15) is 8.42 Å². The van der Waals surface area contributed by atoms with Crippen molar-refractivity contribution >= 4 is 32.6 Å². The quantitative estimate of drug-likeness (QED) is 0.746. The number of fused-ring (bicyclic) bond motifs is 1. The first-order valence-corrected chi connectivity index (χ1v) is 9.96. The maximum absolute atomic E-state index is 12.6. The zero-order valence-electron chi connectivity index (χ0n) is 15.0. The Hall–Kier alpha value is -2.61. The molecule has 0 spiro atoms. The van der Waals surface area contributed by atoms with Crippen LogP contribution in [0.5, 0.6) is 0 Å². The summed E-state index contributed by atoms with van der Waals surface area (Å²) < 4.78 is 29.9. The minimum absolute atomic E-state index is 0.128. The third-order valence-electron chi connectivity index (χ3n) is 4.60. The van der Waals surface area contributed by atoms with Gasteiger partial charge >= 0.3 is 0 Å². The lowest BCUT2D eigenvalue weighted by molar-refractivity contribution is 0.601. The lowest BCUT2D eigenvalue weighted by Crippen LogP contribution is -2.15. The maximum atomic E-state index is 12.6. The van der Waals surface area contributed by atoms with E-state index in [1.807, 2.05) is 32.1 Å². The minimum atomic E-state index is -3.70. The van der Waals surface area contributed by atoms with E-state index in [4.69, 9.17) is 0 Å². The second kappa shape index (κ2) is 5.98. The van der Waals surface area contributed by atoms with Crippen LogP contribution in [-0.2, 0) is 17.1 Å². The van der Waals surface area contributed by atoms with Gasteiger partial charge in [0.2, 0.25) is 0 Å². The van der Waals surface area contributed by atoms with E-state index in [2.05, 4.69) is 19.3 Å². The van der Waals surface area contributed by atoms with Gasteiger partial charge in [0.25, 0.3) is 10.0 Å². The van der Waals surface area contributed by atoms with Gasteiger partial charge < -0.3 is 9.47 Å². The zero-order chi connectivity index (χ0) is 18.5. The second-order valence-corrected chi connectivity index (χ2v) is 8.54. The van der Waals surface area contributed by atoms with E-state index in [0.717, 1.165) is 16.9 Å². The van der Waals surface area contributed by atoms with Gasteiger partial charge in [-0.2, -0.15) is 0 Å². The molecular weight excluding hydrogens is 350 g/mol. The van der Waals surface area contributed by atoms with Crippen LogP contribution < -0.4 is 9.62 Å². The summed E-state index contributed by atoms with van der Waals surface area (Å²) in [7, 11) is 2.02. The Balaban J connectivity index is 1.63. The molecule has 1 saturated carbocycles. The fourth-order valence-electron chi connectivity index (χ4n) is 3.00. The van der Waals surface area contributed by atoms with Gasteiger partial charge in [0.15, 0.2) is 0 Å². The molecule has 3 aromatic rings. The summed E-state index contributed by atoms with van der Waals surface area (Å²) in [5.74, 6) is 2.31. The Bertz CT molecular complexity index is 1070. The van der Waals surface area contributed by atoms with Crippen molar-refractivity contribution in [2.45, 2.75) is 23.7 Å². The van der Waals surface area contributed by atoms with Crippen molar-refractivity contribution in [2.24, 2.45) is 7.05 Å². The van der Waals surface area contributed by atoms with Crippen molar-refractivity contribution < 1.29 is 8.42 Å². The smallest absolute Gasteiger partial charge is 0.263 e. The first kappa shape index (κ1) is 16.8. The third-order valence-corrected chi connectivity index (χ3v) is 5.97. The fourth-order valence-corrected chi connectivity index (χ4v) is 3.99. The van der Waals surface area contributed by atoms with E-state index in [1.165, 1.54) is 19.0 Å². The largest absolute Gasteiger partial charge is 0.363 e. The van der Waals surface area contributed by atoms with Crippen molar-refractivity contribution in [3.05, 3.63) is 42.4 Å². The van der Waals surface area contributed by atoms with Crippen LogP contribution in [0.1, 0.15) is 24.6 Å². The number of rotatable bonds is 5. The molecule has 1 fully saturated rings. The highest BCUT2D eigenvalue weighted by Crippen LogP contribution is 2.40. The Labute approximate surface area is 152 Å². The third kappa shape index (κ3) is 3.01. The zero-order valence-corrected chi connectivity index (χ0v) is 15.8. The highest BCUT2D eigenvalue weighted by Gasteiger charge is 2.28. The molecule has 1 aromatic carbocycles. The van der Waals surface area contributed by atoms with Crippen molar-refractivity contribution in [3.63, 3.8) is 0 Å². The van der Waals surface area contributed by atoms with E-state index < -0.39 is 10.0 Å². The Kier molecular flexibility index (Phi) is 3.87. The summed E-state index contributed by atoms with van der Waals surface area (Å²) in [5.41, 5.74) is 2.30. The predicted molar refractivity (Wildman–Crippen MR) is 102 cm³/mol. The molecule has 2 heterocycles. The van der Waals surface area contributed by atoms with Crippen LogP contribution in [-0.4, -0.2) is 37.0 Å². The van der Waals surface area contributed by atoms with Gasteiger partial charge in [0.1, 0.15) is 16.5 Å². The first-order valence-electron chi connectivity index (χ1n) is 8.48. The summed E-state index contributed by atoms with van der Waals surface area (Å²) in [4.78, 5) is 10.8. The summed E-state index contributed by atoms with van der Waals surface area (Å²) in [6, 6.07) is 8.67. The topological polar surface area (TPSA) is 80.1 Å². The number of imidazole rings is 1. The van der Waals surface area contributed by atoms with Crippen LogP contribution in [0, 0.1) is 0 Å². The maximum Gasteiger partial charge on any atom is 0.263 e. The van der Waals surface area contributed by atoms with Crippen LogP contribution in [0.4, 0.5) is 11.5 Å². The Morgan fingerprint density at radius 1 is 1.19 bits per heavy atom. The van der Waals surface area contributed by atoms with Gasteiger partial charge in [0.05, 0.1) is 16.7 Å². The summed E-state index contributed by atoms with van der Waals surface area (Å²) >= 11 is 0. The van der Waals surface area contributed by atoms with Gasteiger partial charge in [-0.15, -0.1) is 0 Å². The minimum Gasteiger partial charge on any atom is -0.363 e. The standard InChI is InChI=1S/C18H21N5O2S/c1-22(2)17-9-7-14(11-19-17)26(24,25)21-13-6-8-16-15(10-13)20-18(23(16)3)12-4-5-12/h6-12,21H,4-5H2,1-3H3. The number of pyridine rings is 1. The van der Waals surface area contributed by atoms with Crippen LogP contribution in [0.15, 0.2) is 41.4 Å². The fraction of sp³-hybridized carbons (Fsp3) is 0.333. The summed E-state index contributed by atoms with van der Waals surface area (Å²) in [5, 5.41) is 0. The number of nitrogens with zero attached hydrogens (tertiary/aromatic N) is 4. The monoisotopic (exact) mass is 371 g/mol. The molecule has 7 nitrogen and oxygen atoms in total. The molecule has 0 aliphatic heterocycles. The number of aryl methyl sites for hydroxylation is 1. The molecule has 0 unspecified atom stereocenters. The predicted octanol–water partition coefficient (Wildman–Crippen LogP) is 2.71. The number of anilines is 2. The van der Waals surface area contributed by atoms with E-state index in [0.29, 0.717) is 17.4 Å². The van der Waals surface area contributed by atoms with E-state index >= 15 is 0 Å². The molecule has 2 aromatic heterocycles. The molecule has 1 aliphatic rings. The number of aromatic nitrogens is 3. The average molecular weight is 371 g/mol. The Morgan fingerprint density at radius 3 is 2.58 bits per heavy atom. The summed E-state index contributed by atoms with van der Waals surface area (Å²) in [6.07, 6.45) is 3.71. The molecule has 1 N–H and O–H groups in total. The molecule has 8 heteroatoms. The number of hydrogen-bond acceptors (Lipinski definition) is 5. The molecule has 0 radical (unpaired) electrons. The molecule has 26 heavy (non-hydrogen) atoms. The number of sulfonamides is 1. The van der Waals surface area contributed by atoms with Gasteiger partial charge in [-0.25, -0.2) is 18.4 Å². The van der Waals surface area contributed by atoms with Gasteiger partial charge in [-0.05, 0) is 43.2 Å². The van der Waals surface area contributed by atoms with E-state index in [1.54, 1.807) is 24.3 Å². The molecule has 136 valence electrons. The van der Waals surface area contributed by atoms with Crippen LogP contribution >= 0.6 is 0 Å². The average Bonchev–Trinajstić information content (AvgIpc) is 3.39. The van der Waals surface area contributed by atoms with Crippen molar-refractivity contribution in [3.8, 4) is 0 Å². The van der Waals surface area contributed by atoms with Crippen LogP contribution in [0.2, 0.25) is 0 Å². The molecule has 0 atom stereocenters. The highest BCUT2D eigenvalue weighted by atomic mass is 32.2. The number of hydrogen-bond donors (Lipinski definition) is 1. The number of nitrogens with one attached hydrogen (secondary N) is 1. The molecular formula is C18H21N5O2S. The van der Waals surface area contributed by atoms with Gasteiger partial charge in [0, 0.05) is 33.3 Å². The normalized spacial score (nSPS) is 14.6. The summed E-state index contributed by atoms with van der Waals surface area (Å²) in [6.45, 7) is 0. The van der Waals surface area contributed by atoms with Crippen LogP contribution in [0.3, 0.4) is 0 Å². The molecule has 0 amide bonds. The van der Waals surface area contributed by atoms with Crippen molar-refractivity contribution in [2.75, 3.05) is 23.7 Å². The van der Waals surface area contributed by atoms with Gasteiger partial charge in [-0.3, -0.25) is 4.72 Å².